The lowest BCUT2D eigenvalue weighted by Crippen LogP contribution is -2.13. The summed E-state index contributed by atoms with van der Waals surface area (Å²) in [6, 6.07) is 6.67. The molecular weight excluding hydrogens is 252 g/mol. The highest BCUT2D eigenvalue weighted by Gasteiger charge is 2.17. The largest absolute Gasteiger partial charge is 0.356 e. The molecular formula is C12H14N2O3S. The van der Waals surface area contributed by atoms with E-state index in [0.717, 1.165) is 18.4 Å². The third kappa shape index (κ3) is 2.60. The summed E-state index contributed by atoms with van der Waals surface area (Å²) in [5.74, 6) is 0.400. The zero-order chi connectivity index (χ0) is 13.2. The molecule has 1 aromatic carbocycles. The summed E-state index contributed by atoms with van der Waals surface area (Å²) in [6.07, 6.45) is 3.31. The minimum Gasteiger partial charge on any atom is -0.356 e. The first-order chi connectivity index (χ1) is 8.52. The number of hydrogen-bond acceptors (Lipinski definition) is 4. The van der Waals surface area contributed by atoms with Gasteiger partial charge in [0.1, 0.15) is 0 Å². The van der Waals surface area contributed by atoms with E-state index in [-0.39, 0.29) is 4.90 Å². The van der Waals surface area contributed by atoms with Crippen molar-refractivity contribution in [3.05, 3.63) is 36.0 Å². The SMILES string of the molecule is CCCc1ccc(S(N)(=O)=O)c(-c2ccno2)c1. The number of rotatable bonds is 4. The second kappa shape index (κ2) is 4.91. The number of aryl methyl sites for hydroxylation is 1. The van der Waals surface area contributed by atoms with Crippen molar-refractivity contribution in [3.63, 3.8) is 0 Å². The summed E-state index contributed by atoms with van der Waals surface area (Å²) in [6.45, 7) is 2.06. The molecule has 0 spiro atoms. The minimum atomic E-state index is -3.78. The third-order valence-electron chi connectivity index (χ3n) is 2.59. The van der Waals surface area contributed by atoms with Gasteiger partial charge in [0.25, 0.3) is 0 Å². The Kier molecular flexibility index (Phi) is 3.49. The van der Waals surface area contributed by atoms with Crippen molar-refractivity contribution in [2.45, 2.75) is 24.7 Å². The molecule has 2 aromatic rings. The fraction of sp³-hybridized carbons (Fsp3) is 0.250. The van der Waals surface area contributed by atoms with E-state index in [0.29, 0.717) is 11.3 Å². The molecule has 0 saturated carbocycles. The Bertz CT molecular complexity index is 633. The van der Waals surface area contributed by atoms with Crippen LogP contribution in [0.2, 0.25) is 0 Å². The first kappa shape index (κ1) is 12.8. The van der Waals surface area contributed by atoms with E-state index in [2.05, 4.69) is 12.1 Å². The Morgan fingerprint density at radius 2 is 2.11 bits per heavy atom. The Balaban J connectivity index is 2.61. The van der Waals surface area contributed by atoms with Crippen molar-refractivity contribution in [2.24, 2.45) is 5.14 Å². The van der Waals surface area contributed by atoms with Crippen LogP contribution in [-0.2, 0) is 16.4 Å². The second-order valence-electron chi connectivity index (χ2n) is 4.00. The van der Waals surface area contributed by atoms with Gasteiger partial charge in [-0.15, -0.1) is 0 Å². The lowest BCUT2D eigenvalue weighted by atomic mass is 10.1. The predicted molar refractivity (Wildman–Crippen MR) is 67.3 cm³/mol. The smallest absolute Gasteiger partial charge is 0.238 e. The van der Waals surface area contributed by atoms with Gasteiger partial charge in [-0.05, 0) is 24.1 Å². The van der Waals surface area contributed by atoms with Gasteiger partial charge >= 0.3 is 0 Å². The molecule has 5 nitrogen and oxygen atoms in total. The maximum Gasteiger partial charge on any atom is 0.238 e. The molecule has 0 atom stereocenters. The molecule has 0 aliphatic rings. The van der Waals surface area contributed by atoms with Crippen LogP contribution in [-0.4, -0.2) is 13.6 Å². The average Bonchev–Trinajstić information content (AvgIpc) is 2.81. The van der Waals surface area contributed by atoms with E-state index in [1.807, 2.05) is 0 Å². The van der Waals surface area contributed by atoms with E-state index >= 15 is 0 Å². The van der Waals surface area contributed by atoms with Crippen LogP contribution < -0.4 is 5.14 Å². The standard InChI is InChI=1S/C12H14N2O3S/c1-2-3-9-4-5-12(18(13,15)16)10(8-9)11-6-7-14-17-11/h4-8H,2-3H2,1H3,(H2,13,15,16). The van der Waals surface area contributed by atoms with Crippen molar-refractivity contribution in [1.82, 2.24) is 5.16 Å². The Morgan fingerprint density at radius 3 is 2.67 bits per heavy atom. The third-order valence-corrected chi connectivity index (χ3v) is 3.56. The highest BCUT2D eigenvalue weighted by atomic mass is 32.2. The minimum absolute atomic E-state index is 0.0547. The molecule has 0 aliphatic heterocycles. The van der Waals surface area contributed by atoms with Gasteiger partial charge in [-0.2, -0.15) is 0 Å². The summed E-state index contributed by atoms with van der Waals surface area (Å²) in [4.78, 5) is 0.0547. The molecule has 6 heteroatoms. The van der Waals surface area contributed by atoms with E-state index in [1.54, 1.807) is 18.2 Å². The number of sulfonamides is 1. The molecule has 96 valence electrons. The molecule has 0 aliphatic carbocycles. The molecule has 1 aromatic heterocycles. The fourth-order valence-electron chi connectivity index (χ4n) is 1.82. The van der Waals surface area contributed by atoms with Crippen molar-refractivity contribution in [3.8, 4) is 11.3 Å². The van der Waals surface area contributed by atoms with Crippen molar-refractivity contribution >= 4 is 10.0 Å². The summed E-state index contributed by atoms with van der Waals surface area (Å²) in [5, 5.41) is 8.78. The summed E-state index contributed by atoms with van der Waals surface area (Å²) in [7, 11) is -3.78. The summed E-state index contributed by atoms with van der Waals surface area (Å²) in [5.41, 5.74) is 1.50. The van der Waals surface area contributed by atoms with Gasteiger partial charge in [0.05, 0.1) is 11.1 Å². The van der Waals surface area contributed by atoms with E-state index in [9.17, 15) is 8.42 Å². The van der Waals surface area contributed by atoms with Crippen LogP contribution in [0.4, 0.5) is 0 Å². The molecule has 0 bridgehead atoms. The van der Waals surface area contributed by atoms with Crippen LogP contribution in [0.3, 0.4) is 0 Å². The first-order valence-electron chi connectivity index (χ1n) is 5.59. The maximum absolute atomic E-state index is 11.5. The molecule has 2 N–H and O–H groups in total. The van der Waals surface area contributed by atoms with Gasteiger partial charge in [-0.1, -0.05) is 24.6 Å². The van der Waals surface area contributed by atoms with E-state index in [1.165, 1.54) is 12.3 Å². The van der Waals surface area contributed by atoms with Gasteiger partial charge in [0, 0.05) is 11.6 Å². The lowest BCUT2D eigenvalue weighted by molar-refractivity contribution is 0.431. The van der Waals surface area contributed by atoms with Crippen LogP contribution in [0, 0.1) is 0 Å². The Hall–Kier alpha value is -1.66. The van der Waals surface area contributed by atoms with Crippen LogP contribution in [0.25, 0.3) is 11.3 Å². The molecule has 2 rings (SSSR count). The topological polar surface area (TPSA) is 86.2 Å². The average molecular weight is 266 g/mol. The van der Waals surface area contributed by atoms with Crippen molar-refractivity contribution < 1.29 is 12.9 Å². The van der Waals surface area contributed by atoms with Gasteiger partial charge in [0.2, 0.25) is 10.0 Å². The molecule has 0 fully saturated rings. The molecule has 18 heavy (non-hydrogen) atoms. The number of benzene rings is 1. The van der Waals surface area contributed by atoms with Gasteiger partial charge < -0.3 is 4.52 Å². The molecule has 0 unspecified atom stereocenters. The van der Waals surface area contributed by atoms with Gasteiger partial charge in [-0.25, -0.2) is 13.6 Å². The highest BCUT2D eigenvalue weighted by molar-refractivity contribution is 7.89. The van der Waals surface area contributed by atoms with Crippen LogP contribution in [0.15, 0.2) is 39.9 Å². The predicted octanol–water partition coefficient (Wildman–Crippen LogP) is 1.94. The van der Waals surface area contributed by atoms with E-state index < -0.39 is 10.0 Å². The van der Waals surface area contributed by atoms with E-state index in [4.69, 9.17) is 9.66 Å². The number of nitrogens with two attached hydrogens (primary N) is 1. The molecule has 0 radical (unpaired) electrons. The molecule has 0 saturated heterocycles. The Labute approximate surface area is 106 Å². The second-order valence-corrected chi connectivity index (χ2v) is 5.53. The zero-order valence-electron chi connectivity index (χ0n) is 9.96. The van der Waals surface area contributed by atoms with Crippen molar-refractivity contribution in [1.29, 1.82) is 0 Å². The first-order valence-corrected chi connectivity index (χ1v) is 7.14. The summed E-state index contributed by atoms with van der Waals surface area (Å²) < 4.78 is 28.1. The Morgan fingerprint density at radius 1 is 1.33 bits per heavy atom. The maximum atomic E-state index is 11.5. The van der Waals surface area contributed by atoms with Crippen LogP contribution in [0.1, 0.15) is 18.9 Å². The molecule has 1 heterocycles. The number of aromatic nitrogens is 1. The number of hydrogen-bond donors (Lipinski definition) is 1. The number of primary sulfonamides is 1. The zero-order valence-corrected chi connectivity index (χ0v) is 10.8. The number of nitrogens with zero attached hydrogens (tertiary/aromatic N) is 1. The quantitative estimate of drug-likeness (QED) is 0.916. The molecule has 0 amide bonds. The van der Waals surface area contributed by atoms with Crippen LogP contribution >= 0.6 is 0 Å². The highest BCUT2D eigenvalue weighted by Crippen LogP contribution is 2.27. The lowest BCUT2D eigenvalue weighted by Gasteiger charge is -2.07. The van der Waals surface area contributed by atoms with Crippen molar-refractivity contribution in [2.75, 3.05) is 0 Å². The fourth-order valence-corrected chi connectivity index (χ4v) is 2.54. The van der Waals surface area contributed by atoms with Gasteiger partial charge in [0.15, 0.2) is 5.76 Å². The summed E-state index contributed by atoms with van der Waals surface area (Å²) >= 11 is 0. The van der Waals surface area contributed by atoms with Gasteiger partial charge in [-0.3, -0.25) is 0 Å². The monoisotopic (exact) mass is 266 g/mol. The normalized spacial score (nSPS) is 11.7. The van der Waals surface area contributed by atoms with Crippen LogP contribution in [0.5, 0.6) is 0 Å².